The van der Waals surface area contributed by atoms with Crippen molar-refractivity contribution in [3.63, 3.8) is 0 Å². The lowest BCUT2D eigenvalue weighted by Crippen LogP contribution is -2.41. The lowest BCUT2D eigenvalue weighted by atomic mass is 9.97. The van der Waals surface area contributed by atoms with Crippen LogP contribution in [0.2, 0.25) is 5.02 Å². The van der Waals surface area contributed by atoms with Gasteiger partial charge in [-0.05, 0) is 61.4 Å². The average Bonchev–Trinajstić information content (AvgIpc) is 2.75. The van der Waals surface area contributed by atoms with Crippen LogP contribution in [0.5, 0.6) is 0 Å². The summed E-state index contributed by atoms with van der Waals surface area (Å²) in [5.41, 5.74) is 1.21. The van der Waals surface area contributed by atoms with Gasteiger partial charge >= 0.3 is 6.03 Å². The second-order valence-electron chi connectivity index (χ2n) is 6.90. The predicted octanol–water partition coefficient (Wildman–Crippen LogP) is 3.13. The maximum Gasteiger partial charge on any atom is 0.318 e. The number of nitrogens with one attached hydrogen (secondary N) is 3. The summed E-state index contributed by atoms with van der Waals surface area (Å²) < 4.78 is 26.9. The molecule has 0 saturated carbocycles. The molecule has 1 heterocycles. The highest BCUT2D eigenvalue weighted by Gasteiger charge is 2.32. The van der Waals surface area contributed by atoms with Gasteiger partial charge in [-0.15, -0.1) is 0 Å². The number of rotatable bonds is 5. The molecule has 0 atom stereocenters. The van der Waals surface area contributed by atoms with Gasteiger partial charge < -0.3 is 16.0 Å². The smallest absolute Gasteiger partial charge is 0.318 e. The minimum absolute atomic E-state index is 0.148. The van der Waals surface area contributed by atoms with Crippen LogP contribution in [-0.4, -0.2) is 44.8 Å². The number of amides is 3. The number of hydrogen-bond donors (Lipinski definition) is 3. The van der Waals surface area contributed by atoms with Crippen LogP contribution in [0.15, 0.2) is 53.4 Å². The summed E-state index contributed by atoms with van der Waals surface area (Å²) in [5, 5.41) is 8.42. The number of nitrogens with zero attached hydrogens (tertiary/aromatic N) is 1. The Labute approximate surface area is 180 Å². The molecule has 0 radical (unpaired) electrons. The molecule has 0 unspecified atom stereocenters. The summed E-state index contributed by atoms with van der Waals surface area (Å²) >= 11 is 5.83. The van der Waals surface area contributed by atoms with Crippen LogP contribution in [0.3, 0.4) is 0 Å². The highest BCUT2D eigenvalue weighted by atomic mass is 35.5. The molecule has 0 spiro atoms. The molecule has 30 heavy (non-hydrogen) atoms. The Morgan fingerprint density at radius 2 is 1.47 bits per heavy atom. The fourth-order valence-electron chi connectivity index (χ4n) is 3.19. The van der Waals surface area contributed by atoms with Crippen molar-refractivity contribution in [2.75, 3.05) is 30.8 Å². The molecular weight excluding hydrogens is 428 g/mol. The lowest BCUT2D eigenvalue weighted by Gasteiger charge is -2.30. The highest BCUT2D eigenvalue weighted by molar-refractivity contribution is 7.89. The van der Waals surface area contributed by atoms with Crippen LogP contribution in [0.1, 0.15) is 12.8 Å². The van der Waals surface area contributed by atoms with Crippen molar-refractivity contribution in [3.05, 3.63) is 53.6 Å². The van der Waals surface area contributed by atoms with Gasteiger partial charge in [0.05, 0.1) is 4.90 Å². The summed E-state index contributed by atoms with van der Waals surface area (Å²) in [4.78, 5) is 24.1. The van der Waals surface area contributed by atoms with Crippen LogP contribution in [0.4, 0.5) is 16.2 Å². The largest absolute Gasteiger partial charge is 0.341 e. The summed E-state index contributed by atoms with van der Waals surface area (Å²) in [6.07, 6.45) is 0.879. The molecule has 2 aromatic carbocycles. The number of benzene rings is 2. The third-order valence-corrected chi connectivity index (χ3v) is 7.08. The first-order chi connectivity index (χ1) is 14.3. The molecule has 3 N–H and O–H groups in total. The van der Waals surface area contributed by atoms with E-state index >= 15 is 0 Å². The van der Waals surface area contributed by atoms with Gasteiger partial charge in [0.2, 0.25) is 15.9 Å². The van der Waals surface area contributed by atoms with E-state index < -0.39 is 10.0 Å². The van der Waals surface area contributed by atoms with E-state index in [-0.39, 0.29) is 35.8 Å². The maximum atomic E-state index is 12.7. The monoisotopic (exact) mass is 450 g/mol. The Hall–Kier alpha value is -2.62. The van der Waals surface area contributed by atoms with Crippen LogP contribution in [-0.2, 0) is 14.8 Å². The van der Waals surface area contributed by atoms with Gasteiger partial charge in [-0.2, -0.15) is 4.31 Å². The Morgan fingerprint density at radius 1 is 0.933 bits per heavy atom. The van der Waals surface area contributed by atoms with Gasteiger partial charge in [0, 0.05) is 42.5 Å². The lowest BCUT2D eigenvalue weighted by molar-refractivity contribution is -0.120. The molecule has 160 valence electrons. The number of piperidine rings is 1. The summed E-state index contributed by atoms with van der Waals surface area (Å²) in [6, 6.07) is 12.5. The molecule has 0 bridgehead atoms. The summed E-state index contributed by atoms with van der Waals surface area (Å²) in [6.45, 7) is 0.552. The number of halogens is 1. The molecule has 1 fully saturated rings. The molecule has 3 amide bonds. The molecule has 1 saturated heterocycles. The molecule has 10 heteroatoms. The molecule has 0 aliphatic carbocycles. The van der Waals surface area contributed by atoms with Crippen molar-refractivity contribution >= 4 is 44.9 Å². The van der Waals surface area contributed by atoms with Crippen LogP contribution < -0.4 is 16.0 Å². The van der Waals surface area contributed by atoms with E-state index in [0.29, 0.717) is 29.2 Å². The second kappa shape index (κ2) is 9.46. The molecule has 2 aromatic rings. The number of carbonyl (C=O) groups excluding carboxylic acids is 2. The van der Waals surface area contributed by atoms with Gasteiger partial charge in [0.25, 0.3) is 0 Å². The van der Waals surface area contributed by atoms with Crippen molar-refractivity contribution in [1.29, 1.82) is 0 Å². The van der Waals surface area contributed by atoms with E-state index in [1.807, 2.05) is 0 Å². The number of sulfonamides is 1. The van der Waals surface area contributed by atoms with Crippen molar-refractivity contribution in [3.8, 4) is 0 Å². The van der Waals surface area contributed by atoms with E-state index in [4.69, 9.17) is 11.6 Å². The second-order valence-corrected chi connectivity index (χ2v) is 9.28. The topological polar surface area (TPSA) is 108 Å². The fraction of sp³-hybridized carbons (Fsp3) is 0.300. The van der Waals surface area contributed by atoms with E-state index in [1.165, 1.54) is 23.5 Å². The average molecular weight is 451 g/mol. The van der Waals surface area contributed by atoms with Crippen LogP contribution >= 0.6 is 11.6 Å². The maximum absolute atomic E-state index is 12.7. The summed E-state index contributed by atoms with van der Waals surface area (Å²) in [5.74, 6) is -0.420. The number of carbonyl (C=O) groups is 2. The standard InChI is InChI=1S/C20H23ClN4O4S/c1-22-20(27)24-17-6-4-16(5-7-17)23-19(26)14-10-12-25(13-11-14)30(28,29)18-8-2-15(21)3-9-18/h2-9,14H,10-13H2,1H3,(H,23,26)(H2,22,24,27). The SMILES string of the molecule is CNC(=O)Nc1ccc(NC(=O)C2CCN(S(=O)(=O)c3ccc(Cl)cc3)CC2)cc1. The minimum Gasteiger partial charge on any atom is -0.341 e. The molecule has 0 aromatic heterocycles. The molecule has 1 aliphatic heterocycles. The normalized spacial score (nSPS) is 15.4. The third-order valence-electron chi connectivity index (χ3n) is 4.91. The Kier molecular flexibility index (Phi) is 6.96. The van der Waals surface area contributed by atoms with E-state index in [0.717, 1.165) is 0 Å². The van der Waals surface area contributed by atoms with Crippen molar-refractivity contribution in [2.45, 2.75) is 17.7 Å². The zero-order valence-electron chi connectivity index (χ0n) is 16.4. The van der Waals surface area contributed by atoms with Gasteiger partial charge in [-0.25, -0.2) is 13.2 Å². The highest BCUT2D eigenvalue weighted by Crippen LogP contribution is 2.26. The van der Waals surface area contributed by atoms with Crippen LogP contribution in [0, 0.1) is 5.92 Å². The number of anilines is 2. The minimum atomic E-state index is -3.60. The van der Waals surface area contributed by atoms with Crippen molar-refractivity contribution in [1.82, 2.24) is 9.62 Å². The van der Waals surface area contributed by atoms with Crippen molar-refractivity contribution < 1.29 is 18.0 Å². The first kappa shape index (κ1) is 22.1. The van der Waals surface area contributed by atoms with Gasteiger partial charge in [-0.3, -0.25) is 4.79 Å². The van der Waals surface area contributed by atoms with E-state index in [9.17, 15) is 18.0 Å². The van der Waals surface area contributed by atoms with Crippen molar-refractivity contribution in [2.24, 2.45) is 5.92 Å². The Balaban J connectivity index is 1.55. The van der Waals surface area contributed by atoms with E-state index in [1.54, 1.807) is 36.4 Å². The summed E-state index contributed by atoms with van der Waals surface area (Å²) in [7, 11) is -2.08. The number of hydrogen-bond acceptors (Lipinski definition) is 4. The fourth-order valence-corrected chi connectivity index (χ4v) is 4.78. The zero-order chi connectivity index (χ0) is 21.7. The van der Waals surface area contributed by atoms with Crippen LogP contribution in [0.25, 0.3) is 0 Å². The van der Waals surface area contributed by atoms with E-state index in [2.05, 4.69) is 16.0 Å². The number of urea groups is 1. The predicted molar refractivity (Wildman–Crippen MR) is 116 cm³/mol. The molecular formula is C20H23ClN4O4S. The Morgan fingerprint density at radius 3 is 2.00 bits per heavy atom. The van der Waals surface area contributed by atoms with Gasteiger partial charge in [0.1, 0.15) is 0 Å². The molecule has 8 nitrogen and oxygen atoms in total. The molecule has 1 aliphatic rings. The molecule has 3 rings (SSSR count). The Bertz CT molecular complexity index is 1000. The van der Waals surface area contributed by atoms with Gasteiger partial charge in [-0.1, -0.05) is 11.6 Å². The first-order valence-electron chi connectivity index (χ1n) is 9.45. The zero-order valence-corrected chi connectivity index (χ0v) is 18.0. The quantitative estimate of drug-likeness (QED) is 0.650. The van der Waals surface area contributed by atoms with Gasteiger partial charge in [0.15, 0.2) is 0 Å². The third kappa shape index (κ3) is 5.29. The first-order valence-corrected chi connectivity index (χ1v) is 11.3.